The molecular formula is C15H15N3O2S. The van der Waals surface area contributed by atoms with Gasteiger partial charge >= 0.3 is 0 Å². The fourth-order valence-corrected chi connectivity index (χ4v) is 2.71. The van der Waals surface area contributed by atoms with Crippen molar-refractivity contribution in [1.82, 2.24) is 15.3 Å². The summed E-state index contributed by atoms with van der Waals surface area (Å²) in [4.78, 5) is 8.81. The van der Waals surface area contributed by atoms with Crippen LogP contribution < -0.4 is 5.32 Å². The Morgan fingerprint density at radius 2 is 2.24 bits per heavy atom. The van der Waals surface area contributed by atoms with E-state index in [2.05, 4.69) is 15.3 Å². The molecule has 3 rings (SSSR count). The van der Waals surface area contributed by atoms with E-state index in [-0.39, 0.29) is 0 Å². The van der Waals surface area contributed by atoms with E-state index in [1.54, 1.807) is 35.9 Å². The van der Waals surface area contributed by atoms with Crippen LogP contribution in [-0.2, 0) is 6.54 Å². The van der Waals surface area contributed by atoms with Crippen molar-refractivity contribution in [2.75, 3.05) is 6.54 Å². The van der Waals surface area contributed by atoms with Crippen molar-refractivity contribution >= 4 is 11.3 Å². The number of aliphatic hydroxyl groups excluding tert-OH is 1. The molecule has 1 unspecified atom stereocenters. The molecule has 0 radical (unpaired) electrons. The van der Waals surface area contributed by atoms with Gasteiger partial charge in [0.25, 0.3) is 0 Å². The summed E-state index contributed by atoms with van der Waals surface area (Å²) in [6.07, 6.45) is 2.67. The van der Waals surface area contributed by atoms with Gasteiger partial charge in [0.15, 0.2) is 0 Å². The zero-order valence-electron chi connectivity index (χ0n) is 11.3. The molecule has 5 nitrogen and oxygen atoms in total. The van der Waals surface area contributed by atoms with Gasteiger partial charge in [-0.1, -0.05) is 6.07 Å². The lowest BCUT2D eigenvalue weighted by Gasteiger charge is -2.08. The molecule has 3 aromatic heterocycles. The summed E-state index contributed by atoms with van der Waals surface area (Å²) in [6.45, 7) is 1.02. The van der Waals surface area contributed by atoms with Crippen LogP contribution in [0.3, 0.4) is 0 Å². The molecule has 3 aromatic rings. The lowest BCUT2D eigenvalue weighted by molar-refractivity contribution is 0.147. The first-order valence-corrected chi connectivity index (χ1v) is 7.49. The second kappa shape index (κ2) is 6.62. The Morgan fingerprint density at radius 3 is 3.00 bits per heavy atom. The van der Waals surface area contributed by atoms with Crippen LogP contribution in [0, 0.1) is 0 Å². The number of aliphatic hydroxyl groups is 1. The minimum absolute atomic E-state index is 0.421. The average molecular weight is 301 g/mol. The average Bonchev–Trinajstić information content (AvgIpc) is 3.20. The zero-order chi connectivity index (χ0) is 14.5. The van der Waals surface area contributed by atoms with Crippen molar-refractivity contribution in [3.63, 3.8) is 0 Å². The minimum atomic E-state index is -0.645. The molecule has 0 aliphatic rings. The van der Waals surface area contributed by atoms with Crippen molar-refractivity contribution < 1.29 is 9.52 Å². The van der Waals surface area contributed by atoms with Crippen LogP contribution in [0.25, 0.3) is 10.7 Å². The summed E-state index contributed by atoms with van der Waals surface area (Å²) in [5.74, 6) is 0.565. The van der Waals surface area contributed by atoms with Crippen LogP contribution in [-0.4, -0.2) is 21.6 Å². The Morgan fingerprint density at radius 1 is 1.29 bits per heavy atom. The van der Waals surface area contributed by atoms with Crippen molar-refractivity contribution in [1.29, 1.82) is 0 Å². The fourth-order valence-electron chi connectivity index (χ4n) is 1.91. The van der Waals surface area contributed by atoms with Crippen molar-refractivity contribution in [3.05, 3.63) is 59.6 Å². The maximum atomic E-state index is 9.89. The van der Waals surface area contributed by atoms with Gasteiger partial charge in [0.1, 0.15) is 16.9 Å². The molecule has 0 bridgehead atoms. The summed E-state index contributed by atoms with van der Waals surface area (Å²) >= 11 is 1.56. The number of pyridine rings is 1. The van der Waals surface area contributed by atoms with Crippen LogP contribution in [0.4, 0.5) is 0 Å². The molecule has 21 heavy (non-hydrogen) atoms. The molecule has 0 saturated carbocycles. The third kappa shape index (κ3) is 3.55. The van der Waals surface area contributed by atoms with E-state index in [9.17, 15) is 5.11 Å². The first-order chi connectivity index (χ1) is 10.3. The standard InChI is InChI=1S/C15H15N3O2S/c19-13(14-5-3-7-20-14)9-16-8-11-10-21-15(18-11)12-4-1-2-6-17-12/h1-7,10,13,16,19H,8-9H2. The number of nitrogens with one attached hydrogen (secondary N) is 1. The van der Waals surface area contributed by atoms with Gasteiger partial charge in [0.05, 0.1) is 17.7 Å². The third-order valence-electron chi connectivity index (χ3n) is 2.95. The Bertz CT molecular complexity index is 667. The van der Waals surface area contributed by atoms with Gasteiger partial charge in [-0.05, 0) is 24.3 Å². The number of hydrogen-bond donors (Lipinski definition) is 2. The Kier molecular flexibility index (Phi) is 4.40. The highest BCUT2D eigenvalue weighted by Crippen LogP contribution is 2.21. The van der Waals surface area contributed by atoms with Crippen LogP contribution in [0.1, 0.15) is 17.6 Å². The molecule has 0 aliphatic carbocycles. The second-order valence-corrected chi connectivity index (χ2v) is 5.38. The molecular weight excluding hydrogens is 286 g/mol. The zero-order valence-corrected chi connectivity index (χ0v) is 12.1. The van der Waals surface area contributed by atoms with Crippen LogP contribution in [0.2, 0.25) is 0 Å². The van der Waals surface area contributed by atoms with E-state index >= 15 is 0 Å². The lowest BCUT2D eigenvalue weighted by atomic mass is 10.2. The maximum Gasteiger partial charge on any atom is 0.142 e. The van der Waals surface area contributed by atoms with Gasteiger partial charge < -0.3 is 14.8 Å². The van der Waals surface area contributed by atoms with Gasteiger partial charge in [-0.2, -0.15) is 0 Å². The predicted octanol–water partition coefficient (Wildman–Crippen LogP) is 2.62. The minimum Gasteiger partial charge on any atom is -0.467 e. The molecule has 0 aliphatic heterocycles. The summed E-state index contributed by atoms with van der Waals surface area (Å²) in [6, 6.07) is 9.29. The van der Waals surface area contributed by atoms with E-state index in [4.69, 9.17) is 4.42 Å². The third-order valence-corrected chi connectivity index (χ3v) is 3.86. The molecule has 0 spiro atoms. The molecule has 0 aromatic carbocycles. The van der Waals surface area contributed by atoms with Gasteiger partial charge in [-0.3, -0.25) is 4.98 Å². The molecule has 0 fully saturated rings. The molecule has 6 heteroatoms. The van der Waals surface area contributed by atoms with Crippen molar-refractivity contribution in [2.24, 2.45) is 0 Å². The Labute approximate surface area is 126 Å². The monoisotopic (exact) mass is 301 g/mol. The van der Waals surface area contributed by atoms with Gasteiger partial charge in [0, 0.05) is 24.7 Å². The first kappa shape index (κ1) is 13.9. The SMILES string of the molecule is OC(CNCc1csc(-c2ccccn2)n1)c1ccco1. The van der Waals surface area contributed by atoms with Gasteiger partial charge in [0.2, 0.25) is 0 Å². The summed E-state index contributed by atoms with van der Waals surface area (Å²) in [7, 11) is 0. The van der Waals surface area contributed by atoms with E-state index in [0.29, 0.717) is 18.8 Å². The van der Waals surface area contributed by atoms with E-state index < -0.39 is 6.10 Å². The van der Waals surface area contributed by atoms with Crippen LogP contribution in [0.5, 0.6) is 0 Å². The molecule has 3 heterocycles. The number of nitrogens with zero attached hydrogens (tertiary/aromatic N) is 2. The topological polar surface area (TPSA) is 71.2 Å². The molecule has 0 saturated heterocycles. The Balaban J connectivity index is 1.54. The van der Waals surface area contributed by atoms with E-state index in [0.717, 1.165) is 16.4 Å². The second-order valence-electron chi connectivity index (χ2n) is 4.52. The van der Waals surface area contributed by atoms with E-state index in [1.165, 1.54) is 0 Å². The van der Waals surface area contributed by atoms with Gasteiger partial charge in [-0.25, -0.2) is 4.98 Å². The summed E-state index contributed by atoms with van der Waals surface area (Å²) in [5.41, 5.74) is 1.82. The number of aromatic nitrogens is 2. The number of rotatable bonds is 6. The quantitative estimate of drug-likeness (QED) is 0.732. The molecule has 2 N–H and O–H groups in total. The summed E-state index contributed by atoms with van der Waals surface area (Å²) < 4.78 is 5.15. The predicted molar refractivity (Wildman–Crippen MR) is 80.7 cm³/mol. The largest absolute Gasteiger partial charge is 0.467 e. The normalized spacial score (nSPS) is 12.4. The van der Waals surface area contributed by atoms with Crippen molar-refractivity contribution in [2.45, 2.75) is 12.6 Å². The van der Waals surface area contributed by atoms with E-state index in [1.807, 2.05) is 23.6 Å². The molecule has 0 amide bonds. The van der Waals surface area contributed by atoms with Gasteiger partial charge in [-0.15, -0.1) is 11.3 Å². The number of hydrogen-bond acceptors (Lipinski definition) is 6. The Hall–Kier alpha value is -2.02. The first-order valence-electron chi connectivity index (χ1n) is 6.61. The fraction of sp³-hybridized carbons (Fsp3) is 0.200. The highest BCUT2D eigenvalue weighted by atomic mass is 32.1. The highest BCUT2D eigenvalue weighted by molar-refractivity contribution is 7.13. The van der Waals surface area contributed by atoms with Crippen molar-refractivity contribution in [3.8, 4) is 10.7 Å². The highest BCUT2D eigenvalue weighted by Gasteiger charge is 2.10. The number of thiazole rings is 1. The molecule has 108 valence electrons. The number of furan rings is 1. The molecule has 1 atom stereocenters. The summed E-state index contributed by atoms with van der Waals surface area (Å²) in [5, 5.41) is 16.0. The smallest absolute Gasteiger partial charge is 0.142 e. The van der Waals surface area contributed by atoms with Crippen LogP contribution in [0.15, 0.2) is 52.6 Å². The lowest BCUT2D eigenvalue weighted by Crippen LogP contribution is -2.20. The van der Waals surface area contributed by atoms with Crippen LogP contribution >= 0.6 is 11.3 Å². The maximum absolute atomic E-state index is 9.89.